The van der Waals surface area contributed by atoms with Crippen LogP contribution in [-0.2, 0) is 6.42 Å². The van der Waals surface area contributed by atoms with Crippen molar-refractivity contribution in [1.82, 2.24) is 14.9 Å². The van der Waals surface area contributed by atoms with Gasteiger partial charge in [-0.25, -0.2) is 9.97 Å². The Morgan fingerprint density at radius 1 is 1.24 bits per heavy atom. The second-order valence-electron chi connectivity index (χ2n) is 5.71. The van der Waals surface area contributed by atoms with Crippen LogP contribution in [-0.4, -0.2) is 47.1 Å². The smallest absolute Gasteiger partial charge is 0.134 e. The molecule has 2 rings (SSSR count). The van der Waals surface area contributed by atoms with E-state index in [0.717, 1.165) is 44.1 Å². The largest absolute Gasteiger partial charge is 0.370 e. The van der Waals surface area contributed by atoms with Crippen LogP contribution in [0.4, 0.5) is 11.6 Å². The van der Waals surface area contributed by atoms with E-state index in [1.807, 2.05) is 0 Å². The molecule has 118 valence electrons. The fourth-order valence-corrected chi connectivity index (χ4v) is 2.92. The van der Waals surface area contributed by atoms with Gasteiger partial charge in [0.2, 0.25) is 0 Å². The molecule has 0 spiro atoms. The van der Waals surface area contributed by atoms with Crippen LogP contribution < -0.4 is 10.6 Å². The van der Waals surface area contributed by atoms with Gasteiger partial charge < -0.3 is 15.5 Å². The van der Waals surface area contributed by atoms with Crippen LogP contribution in [0.3, 0.4) is 0 Å². The molecular weight excluding hydrogens is 262 g/mol. The molecule has 0 aliphatic carbocycles. The third-order valence-corrected chi connectivity index (χ3v) is 4.13. The van der Waals surface area contributed by atoms with Gasteiger partial charge >= 0.3 is 0 Å². The molecule has 0 aromatic carbocycles. The van der Waals surface area contributed by atoms with Gasteiger partial charge in [0.25, 0.3) is 0 Å². The fraction of sp³-hybridized carbons (Fsp3) is 0.750. The average Bonchev–Trinajstić information content (AvgIpc) is 2.53. The topological polar surface area (TPSA) is 53.1 Å². The zero-order chi connectivity index (χ0) is 15.1. The van der Waals surface area contributed by atoms with Crippen LogP contribution in [0.5, 0.6) is 0 Å². The molecule has 1 aliphatic rings. The molecule has 1 atom stereocenters. The van der Waals surface area contributed by atoms with Crippen molar-refractivity contribution in [3.05, 3.63) is 11.9 Å². The molecule has 1 saturated heterocycles. The molecule has 1 fully saturated rings. The summed E-state index contributed by atoms with van der Waals surface area (Å²) in [6, 6.07) is 0.498. The molecule has 21 heavy (non-hydrogen) atoms. The minimum absolute atomic E-state index is 0.498. The maximum Gasteiger partial charge on any atom is 0.134 e. The zero-order valence-corrected chi connectivity index (χ0v) is 13.7. The number of aromatic nitrogens is 2. The molecule has 5 nitrogen and oxygen atoms in total. The number of likely N-dealkylation sites (tertiary alicyclic amines) is 1. The van der Waals surface area contributed by atoms with Crippen molar-refractivity contribution in [3.63, 3.8) is 0 Å². The number of anilines is 2. The Bertz CT molecular complexity index is 435. The van der Waals surface area contributed by atoms with E-state index in [-0.39, 0.29) is 0 Å². The van der Waals surface area contributed by atoms with Crippen molar-refractivity contribution in [2.75, 3.05) is 36.8 Å². The molecule has 2 N–H and O–H groups in total. The Labute approximate surface area is 128 Å². The Morgan fingerprint density at radius 3 is 2.76 bits per heavy atom. The van der Waals surface area contributed by atoms with Gasteiger partial charge in [-0.2, -0.15) is 0 Å². The molecule has 1 aromatic rings. The first kappa shape index (κ1) is 16.0. The lowest BCUT2D eigenvalue weighted by atomic mass is 10.1. The molecule has 5 heteroatoms. The third kappa shape index (κ3) is 4.30. The van der Waals surface area contributed by atoms with Crippen molar-refractivity contribution in [1.29, 1.82) is 0 Å². The summed E-state index contributed by atoms with van der Waals surface area (Å²) in [7, 11) is 0. The summed E-state index contributed by atoms with van der Waals surface area (Å²) in [5, 5.41) is 7.06. The predicted molar refractivity (Wildman–Crippen MR) is 88.9 cm³/mol. The highest BCUT2D eigenvalue weighted by molar-refractivity contribution is 5.57. The van der Waals surface area contributed by atoms with Crippen LogP contribution in [0.1, 0.15) is 45.6 Å². The van der Waals surface area contributed by atoms with E-state index in [9.17, 15) is 0 Å². The normalized spacial score (nSPS) is 19.5. The van der Waals surface area contributed by atoms with Crippen LogP contribution in [0.2, 0.25) is 0 Å². The van der Waals surface area contributed by atoms with Crippen LogP contribution >= 0.6 is 0 Å². The number of rotatable bonds is 7. The van der Waals surface area contributed by atoms with Crippen molar-refractivity contribution in [3.8, 4) is 0 Å². The van der Waals surface area contributed by atoms with Gasteiger partial charge in [0, 0.05) is 24.7 Å². The summed E-state index contributed by atoms with van der Waals surface area (Å²) in [6.45, 7) is 11.0. The lowest BCUT2D eigenvalue weighted by molar-refractivity contribution is 0.226. The lowest BCUT2D eigenvalue weighted by Gasteiger charge is -2.33. The number of likely N-dealkylation sites (N-methyl/N-ethyl adjacent to an activating group) is 1. The van der Waals surface area contributed by atoms with Gasteiger partial charge in [-0.3, -0.25) is 0 Å². The molecule has 0 saturated carbocycles. The summed E-state index contributed by atoms with van der Waals surface area (Å²) in [6.07, 6.45) is 6.20. The molecule has 1 unspecified atom stereocenters. The SMILES string of the molecule is CCCNc1ncnc(NC2CCCN(CC)C2)c1CC. The van der Waals surface area contributed by atoms with Gasteiger partial charge in [0.05, 0.1) is 0 Å². The minimum Gasteiger partial charge on any atom is -0.370 e. The third-order valence-electron chi connectivity index (χ3n) is 4.13. The lowest BCUT2D eigenvalue weighted by Crippen LogP contribution is -2.42. The van der Waals surface area contributed by atoms with Crippen molar-refractivity contribution in [2.24, 2.45) is 0 Å². The van der Waals surface area contributed by atoms with Gasteiger partial charge in [0.1, 0.15) is 18.0 Å². The maximum absolute atomic E-state index is 4.48. The molecule has 2 heterocycles. The van der Waals surface area contributed by atoms with Gasteiger partial charge in [-0.15, -0.1) is 0 Å². The number of hydrogen-bond donors (Lipinski definition) is 2. The van der Waals surface area contributed by atoms with E-state index in [1.165, 1.54) is 24.9 Å². The van der Waals surface area contributed by atoms with Gasteiger partial charge in [-0.1, -0.05) is 20.8 Å². The number of nitrogens with one attached hydrogen (secondary N) is 2. The predicted octanol–water partition coefficient (Wildman–Crippen LogP) is 2.76. The molecule has 0 bridgehead atoms. The maximum atomic E-state index is 4.48. The minimum atomic E-state index is 0.498. The molecule has 0 amide bonds. The molecule has 0 radical (unpaired) electrons. The van der Waals surface area contributed by atoms with Crippen LogP contribution in [0.15, 0.2) is 6.33 Å². The highest BCUT2D eigenvalue weighted by Crippen LogP contribution is 2.23. The number of nitrogens with zero attached hydrogens (tertiary/aromatic N) is 3. The molecular formula is C16H29N5. The summed E-state index contributed by atoms with van der Waals surface area (Å²) in [5.74, 6) is 1.99. The number of hydrogen-bond acceptors (Lipinski definition) is 5. The van der Waals surface area contributed by atoms with Gasteiger partial charge in [0.15, 0.2) is 0 Å². The second kappa shape index (κ2) is 8.17. The Kier molecular flexibility index (Phi) is 6.23. The van der Waals surface area contributed by atoms with E-state index >= 15 is 0 Å². The monoisotopic (exact) mass is 291 g/mol. The average molecular weight is 291 g/mol. The number of piperidine rings is 1. The van der Waals surface area contributed by atoms with Crippen molar-refractivity contribution in [2.45, 2.75) is 52.5 Å². The van der Waals surface area contributed by atoms with Crippen molar-refractivity contribution >= 4 is 11.6 Å². The van der Waals surface area contributed by atoms with E-state index in [0.29, 0.717) is 6.04 Å². The molecule has 1 aromatic heterocycles. The summed E-state index contributed by atoms with van der Waals surface area (Å²) in [4.78, 5) is 11.4. The van der Waals surface area contributed by atoms with E-state index in [4.69, 9.17) is 0 Å². The first-order valence-electron chi connectivity index (χ1n) is 8.35. The van der Waals surface area contributed by atoms with Gasteiger partial charge in [-0.05, 0) is 38.8 Å². The van der Waals surface area contributed by atoms with Crippen LogP contribution in [0.25, 0.3) is 0 Å². The zero-order valence-electron chi connectivity index (χ0n) is 13.7. The van der Waals surface area contributed by atoms with E-state index in [2.05, 4.69) is 46.3 Å². The Balaban J connectivity index is 2.08. The molecule has 1 aliphatic heterocycles. The first-order chi connectivity index (χ1) is 10.3. The summed E-state index contributed by atoms with van der Waals surface area (Å²) in [5.41, 5.74) is 1.21. The Hall–Kier alpha value is -1.36. The van der Waals surface area contributed by atoms with E-state index in [1.54, 1.807) is 6.33 Å². The fourth-order valence-electron chi connectivity index (χ4n) is 2.92. The Morgan fingerprint density at radius 2 is 2.05 bits per heavy atom. The van der Waals surface area contributed by atoms with E-state index < -0.39 is 0 Å². The summed E-state index contributed by atoms with van der Waals surface area (Å²) >= 11 is 0. The highest BCUT2D eigenvalue weighted by atomic mass is 15.2. The highest BCUT2D eigenvalue weighted by Gasteiger charge is 2.20. The second-order valence-corrected chi connectivity index (χ2v) is 5.71. The quantitative estimate of drug-likeness (QED) is 0.809. The van der Waals surface area contributed by atoms with Crippen LogP contribution in [0, 0.1) is 0 Å². The summed E-state index contributed by atoms with van der Waals surface area (Å²) < 4.78 is 0. The van der Waals surface area contributed by atoms with Crippen molar-refractivity contribution < 1.29 is 0 Å². The first-order valence-corrected chi connectivity index (χ1v) is 8.35. The standard InChI is InChI=1S/C16H29N5/c1-4-9-17-15-14(5-2)16(19-12-18-15)20-13-8-7-10-21(6-3)11-13/h12-13H,4-11H2,1-3H3,(H2,17,18,19,20).